The molecule has 1 aromatic carbocycles. The Morgan fingerprint density at radius 1 is 1.19 bits per heavy atom. The first-order valence-electron chi connectivity index (χ1n) is 10.6. The van der Waals surface area contributed by atoms with Crippen molar-refractivity contribution in [1.29, 1.82) is 0 Å². The number of hydrogen-bond donors (Lipinski definition) is 1. The van der Waals surface area contributed by atoms with Gasteiger partial charge in [-0.2, -0.15) is 5.10 Å². The van der Waals surface area contributed by atoms with Crippen molar-refractivity contribution in [1.82, 2.24) is 14.7 Å². The van der Waals surface area contributed by atoms with Crippen LogP contribution in [0, 0.1) is 0 Å². The molecule has 0 saturated carbocycles. The third-order valence-electron chi connectivity index (χ3n) is 5.89. The smallest absolute Gasteiger partial charge is 0.145 e. The number of ether oxygens (including phenoxy) is 1. The largest absolute Gasteiger partial charge is 0.492 e. The lowest BCUT2D eigenvalue weighted by Gasteiger charge is -2.31. The van der Waals surface area contributed by atoms with Crippen LogP contribution in [-0.4, -0.2) is 47.5 Å². The normalized spacial score (nSPS) is 20.6. The SMILES string of the molecule is CCOc1ccccc1-n1nc(C2CCCN(CC)C2)c2c1NCCCC2. The molecule has 27 heavy (non-hydrogen) atoms. The number of piperidine rings is 1. The van der Waals surface area contributed by atoms with E-state index in [1.807, 2.05) is 19.1 Å². The van der Waals surface area contributed by atoms with Gasteiger partial charge in [0, 0.05) is 24.6 Å². The highest BCUT2D eigenvalue weighted by atomic mass is 16.5. The van der Waals surface area contributed by atoms with Gasteiger partial charge in [-0.05, 0) is 64.3 Å². The number of hydrogen-bond acceptors (Lipinski definition) is 4. The molecule has 0 amide bonds. The summed E-state index contributed by atoms with van der Waals surface area (Å²) in [6, 6.07) is 8.27. The number of benzene rings is 1. The van der Waals surface area contributed by atoms with E-state index in [1.165, 1.54) is 49.3 Å². The van der Waals surface area contributed by atoms with Gasteiger partial charge in [0.25, 0.3) is 0 Å². The minimum absolute atomic E-state index is 0.535. The van der Waals surface area contributed by atoms with Gasteiger partial charge in [-0.1, -0.05) is 19.1 Å². The molecule has 2 aliphatic rings. The van der Waals surface area contributed by atoms with E-state index in [4.69, 9.17) is 9.84 Å². The highest BCUT2D eigenvalue weighted by Crippen LogP contribution is 2.37. The number of nitrogens with one attached hydrogen (secondary N) is 1. The van der Waals surface area contributed by atoms with Crippen molar-refractivity contribution in [3.8, 4) is 11.4 Å². The molecular weight excluding hydrogens is 336 g/mol. The number of likely N-dealkylation sites (tertiary alicyclic amines) is 1. The average Bonchev–Trinajstić information content (AvgIpc) is 2.89. The van der Waals surface area contributed by atoms with Crippen molar-refractivity contribution in [3.63, 3.8) is 0 Å². The molecule has 2 aromatic rings. The van der Waals surface area contributed by atoms with Crippen LogP contribution in [-0.2, 0) is 6.42 Å². The van der Waals surface area contributed by atoms with Gasteiger partial charge in [0.05, 0.1) is 12.3 Å². The van der Waals surface area contributed by atoms with Crippen LogP contribution in [0.2, 0.25) is 0 Å². The topological polar surface area (TPSA) is 42.3 Å². The molecule has 0 radical (unpaired) electrons. The van der Waals surface area contributed by atoms with Crippen LogP contribution in [0.3, 0.4) is 0 Å². The summed E-state index contributed by atoms with van der Waals surface area (Å²) >= 11 is 0. The lowest BCUT2D eigenvalue weighted by atomic mass is 9.91. The Balaban J connectivity index is 1.78. The first kappa shape index (κ1) is 18.4. The van der Waals surface area contributed by atoms with E-state index < -0.39 is 0 Å². The zero-order valence-corrected chi connectivity index (χ0v) is 16.7. The van der Waals surface area contributed by atoms with Crippen molar-refractivity contribution in [3.05, 3.63) is 35.5 Å². The monoisotopic (exact) mass is 368 g/mol. The van der Waals surface area contributed by atoms with Crippen LogP contribution >= 0.6 is 0 Å². The summed E-state index contributed by atoms with van der Waals surface area (Å²) in [6.45, 7) is 9.46. The number of rotatable bonds is 5. The Morgan fingerprint density at radius 3 is 2.93 bits per heavy atom. The minimum atomic E-state index is 0.535. The van der Waals surface area contributed by atoms with Crippen LogP contribution in [0.4, 0.5) is 5.82 Å². The van der Waals surface area contributed by atoms with Gasteiger partial charge in [0.15, 0.2) is 0 Å². The number of anilines is 1. The first-order chi connectivity index (χ1) is 13.3. The van der Waals surface area contributed by atoms with E-state index in [0.717, 1.165) is 37.5 Å². The van der Waals surface area contributed by atoms with Crippen molar-refractivity contribution < 1.29 is 4.74 Å². The Morgan fingerprint density at radius 2 is 2.07 bits per heavy atom. The van der Waals surface area contributed by atoms with Gasteiger partial charge in [-0.15, -0.1) is 0 Å². The molecule has 5 nitrogen and oxygen atoms in total. The lowest BCUT2D eigenvalue weighted by Crippen LogP contribution is -2.34. The van der Waals surface area contributed by atoms with Crippen molar-refractivity contribution in [2.45, 2.75) is 51.9 Å². The fraction of sp³-hybridized carbons (Fsp3) is 0.591. The summed E-state index contributed by atoms with van der Waals surface area (Å²) < 4.78 is 8.02. The second kappa shape index (κ2) is 8.34. The van der Waals surface area contributed by atoms with Crippen LogP contribution in [0.1, 0.15) is 56.7 Å². The molecule has 0 bridgehead atoms. The summed E-state index contributed by atoms with van der Waals surface area (Å²) in [5.41, 5.74) is 3.78. The maximum Gasteiger partial charge on any atom is 0.145 e. The van der Waals surface area contributed by atoms with Crippen LogP contribution in [0.15, 0.2) is 24.3 Å². The zero-order valence-electron chi connectivity index (χ0n) is 16.7. The molecule has 1 N–H and O–H groups in total. The van der Waals surface area contributed by atoms with Gasteiger partial charge >= 0.3 is 0 Å². The quantitative estimate of drug-likeness (QED) is 0.858. The second-order valence-electron chi connectivity index (χ2n) is 7.64. The predicted molar refractivity (Wildman–Crippen MR) is 110 cm³/mol. The van der Waals surface area contributed by atoms with Gasteiger partial charge in [0.2, 0.25) is 0 Å². The maximum atomic E-state index is 5.91. The fourth-order valence-corrected chi connectivity index (χ4v) is 4.51. The molecular formula is C22H32N4O. The molecule has 1 unspecified atom stereocenters. The molecule has 1 saturated heterocycles. The standard InChI is InChI=1S/C22H32N4O/c1-3-25-15-9-10-17(16-25)21-18-11-7-8-14-23-22(18)26(24-21)19-12-5-6-13-20(19)27-4-2/h5-6,12-13,17,23H,3-4,7-11,14-16H2,1-2H3. The molecule has 4 rings (SSSR count). The van der Waals surface area contributed by atoms with Crippen molar-refractivity contribution in [2.75, 3.05) is 38.1 Å². The van der Waals surface area contributed by atoms with Gasteiger partial charge in [-0.25, -0.2) is 4.68 Å². The highest BCUT2D eigenvalue weighted by molar-refractivity contribution is 5.58. The van der Waals surface area contributed by atoms with Gasteiger partial charge in [-0.3, -0.25) is 0 Å². The van der Waals surface area contributed by atoms with Crippen molar-refractivity contribution >= 4 is 5.82 Å². The maximum absolute atomic E-state index is 5.91. The van der Waals surface area contributed by atoms with Gasteiger partial charge in [0.1, 0.15) is 17.3 Å². The molecule has 1 aromatic heterocycles. The summed E-state index contributed by atoms with van der Waals surface area (Å²) in [5.74, 6) is 2.62. The number of likely N-dealkylation sites (N-methyl/N-ethyl adjacent to an activating group) is 1. The zero-order chi connectivity index (χ0) is 18.6. The lowest BCUT2D eigenvalue weighted by molar-refractivity contribution is 0.215. The Bertz CT molecular complexity index is 770. The molecule has 1 fully saturated rings. The van der Waals surface area contributed by atoms with E-state index in [-0.39, 0.29) is 0 Å². The van der Waals surface area contributed by atoms with E-state index in [9.17, 15) is 0 Å². The number of para-hydroxylation sites is 2. The second-order valence-corrected chi connectivity index (χ2v) is 7.64. The third kappa shape index (κ3) is 3.70. The Kier molecular flexibility index (Phi) is 5.67. The minimum Gasteiger partial charge on any atom is -0.492 e. The average molecular weight is 369 g/mol. The number of aromatic nitrogens is 2. The van der Waals surface area contributed by atoms with Crippen LogP contribution < -0.4 is 10.1 Å². The third-order valence-corrected chi connectivity index (χ3v) is 5.89. The molecule has 5 heteroatoms. The summed E-state index contributed by atoms with van der Waals surface area (Å²) in [4.78, 5) is 2.57. The van der Waals surface area contributed by atoms with Gasteiger partial charge < -0.3 is 15.0 Å². The molecule has 3 heterocycles. The Labute approximate surface area is 162 Å². The van der Waals surface area contributed by atoms with E-state index in [2.05, 4.69) is 34.0 Å². The molecule has 146 valence electrons. The molecule has 1 atom stereocenters. The van der Waals surface area contributed by atoms with E-state index in [1.54, 1.807) is 0 Å². The Hall–Kier alpha value is -2.01. The van der Waals surface area contributed by atoms with Crippen molar-refractivity contribution in [2.24, 2.45) is 0 Å². The highest BCUT2D eigenvalue weighted by Gasteiger charge is 2.29. The molecule has 0 spiro atoms. The van der Waals surface area contributed by atoms with Crippen LogP contribution in [0.25, 0.3) is 5.69 Å². The number of fused-ring (bicyclic) bond motifs is 1. The van der Waals surface area contributed by atoms with Crippen LogP contribution in [0.5, 0.6) is 5.75 Å². The predicted octanol–water partition coefficient (Wildman–Crippen LogP) is 4.22. The van der Waals surface area contributed by atoms with E-state index in [0.29, 0.717) is 12.5 Å². The summed E-state index contributed by atoms with van der Waals surface area (Å²) in [7, 11) is 0. The summed E-state index contributed by atoms with van der Waals surface area (Å²) in [5, 5.41) is 8.86. The summed E-state index contributed by atoms with van der Waals surface area (Å²) in [6.07, 6.45) is 6.08. The molecule has 0 aliphatic carbocycles. The molecule has 2 aliphatic heterocycles. The van der Waals surface area contributed by atoms with E-state index >= 15 is 0 Å². The first-order valence-corrected chi connectivity index (χ1v) is 10.6. The number of nitrogens with zero attached hydrogens (tertiary/aromatic N) is 3. The fourth-order valence-electron chi connectivity index (χ4n) is 4.51.